The number of thiazole rings is 1. The van der Waals surface area contributed by atoms with Crippen molar-refractivity contribution < 1.29 is 22.8 Å². The number of aromatic nitrogens is 1. The number of aromatic amines is 1. The van der Waals surface area contributed by atoms with Gasteiger partial charge in [0, 0.05) is 34.8 Å². The van der Waals surface area contributed by atoms with Crippen molar-refractivity contribution in [3.05, 3.63) is 74.2 Å². The van der Waals surface area contributed by atoms with Gasteiger partial charge in [0.25, 0.3) is 0 Å². The number of halogens is 3. The van der Waals surface area contributed by atoms with Gasteiger partial charge >= 0.3 is 11.0 Å². The molecule has 0 radical (unpaired) electrons. The Morgan fingerprint density at radius 1 is 0.951 bits per heavy atom. The largest absolute Gasteiger partial charge is 0.418 e. The minimum absolute atomic E-state index is 0.0148. The fourth-order valence-corrected chi connectivity index (χ4v) is 10.9. The molecule has 2 aliphatic carbocycles. The average Bonchev–Trinajstić information content (AvgIpc) is 3.68. The summed E-state index contributed by atoms with van der Waals surface area (Å²) in [7, 11) is 0. The number of rotatable bonds is 5. The van der Waals surface area contributed by atoms with Crippen molar-refractivity contribution in [2.24, 2.45) is 29.6 Å². The van der Waals surface area contributed by atoms with E-state index >= 15 is 0 Å². The van der Waals surface area contributed by atoms with Crippen LogP contribution in [0.15, 0.2) is 58.4 Å². The Labute approximate surface area is 242 Å². The van der Waals surface area contributed by atoms with E-state index in [2.05, 4.69) is 48.0 Å². The molecule has 7 atom stereocenters. The van der Waals surface area contributed by atoms with Gasteiger partial charge in [-0.2, -0.15) is 13.2 Å². The zero-order chi connectivity index (χ0) is 28.8. The number of nitrogens with zero attached hydrogens (tertiary/aromatic N) is 2. The molecule has 214 valence electrons. The third-order valence-electron chi connectivity index (χ3n) is 9.56. The molecule has 2 aliphatic heterocycles. The molecule has 3 heterocycles. The van der Waals surface area contributed by atoms with Gasteiger partial charge in [0.2, 0.25) is 11.8 Å². The highest BCUT2D eigenvalue weighted by Crippen LogP contribution is 2.68. The second-order valence-electron chi connectivity index (χ2n) is 11.3. The van der Waals surface area contributed by atoms with E-state index in [1.165, 1.54) is 29.5 Å². The number of amides is 2. The molecule has 6 nitrogen and oxygen atoms in total. The summed E-state index contributed by atoms with van der Waals surface area (Å²) in [5.74, 6) is -2.86. The van der Waals surface area contributed by atoms with Gasteiger partial charge in [-0.25, -0.2) is 4.90 Å². The predicted octanol–water partition coefficient (Wildman–Crippen LogP) is 5.98. The first-order valence-electron chi connectivity index (χ1n) is 13.9. The smallest absolute Gasteiger partial charge is 0.372 e. The number of carbonyl (C=O) groups excluding carboxylic acids is 2. The summed E-state index contributed by atoms with van der Waals surface area (Å²) in [6.07, 6.45) is -4.02. The van der Waals surface area contributed by atoms with E-state index in [1.54, 1.807) is 11.8 Å². The van der Waals surface area contributed by atoms with Crippen LogP contribution in [0.4, 0.5) is 24.5 Å². The molecular weight excluding hydrogens is 571 g/mol. The molecule has 1 N–H and O–H groups in total. The third kappa shape index (κ3) is 3.87. The molecule has 3 fully saturated rings. The van der Waals surface area contributed by atoms with Gasteiger partial charge in [-0.05, 0) is 67.9 Å². The van der Waals surface area contributed by atoms with Gasteiger partial charge < -0.3 is 9.88 Å². The maximum atomic E-state index is 13.9. The van der Waals surface area contributed by atoms with E-state index in [0.29, 0.717) is 6.42 Å². The summed E-state index contributed by atoms with van der Waals surface area (Å²) in [6, 6.07) is 13.2. The number of carbonyl (C=O) groups is 2. The van der Waals surface area contributed by atoms with Crippen LogP contribution < -0.4 is 14.7 Å². The van der Waals surface area contributed by atoms with Crippen molar-refractivity contribution in [2.75, 3.05) is 22.9 Å². The van der Waals surface area contributed by atoms with Gasteiger partial charge in [-0.15, -0.1) is 11.8 Å². The summed E-state index contributed by atoms with van der Waals surface area (Å²) in [5.41, 5.74) is 0.789. The van der Waals surface area contributed by atoms with Crippen LogP contribution in [-0.4, -0.2) is 35.1 Å². The second kappa shape index (κ2) is 9.49. The minimum Gasteiger partial charge on any atom is -0.372 e. The van der Waals surface area contributed by atoms with Crippen molar-refractivity contribution >= 4 is 46.3 Å². The lowest BCUT2D eigenvalue weighted by atomic mass is 9.68. The van der Waals surface area contributed by atoms with Gasteiger partial charge in [-0.1, -0.05) is 35.6 Å². The Morgan fingerprint density at radius 3 is 2.27 bits per heavy atom. The lowest BCUT2D eigenvalue weighted by molar-refractivity contribution is -0.137. The predicted molar refractivity (Wildman–Crippen MR) is 152 cm³/mol. The van der Waals surface area contributed by atoms with Crippen molar-refractivity contribution in [1.82, 2.24) is 4.98 Å². The Hall–Kier alpha value is -3.05. The number of anilines is 2. The molecule has 1 aromatic heterocycles. The van der Waals surface area contributed by atoms with Crippen LogP contribution in [0, 0.1) is 29.6 Å². The lowest BCUT2D eigenvalue weighted by Crippen LogP contribution is -2.42. The van der Waals surface area contributed by atoms with Crippen LogP contribution in [0.1, 0.15) is 42.2 Å². The van der Waals surface area contributed by atoms with Crippen LogP contribution in [0.3, 0.4) is 0 Å². The fraction of sp³-hybridized carbons (Fsp3) is 0.433. The molecule has 7 rings (SSSR count). The summed E-state index contributed by atoms with van der Waals surface area (Å²) < 4.78 is 41.6. The van der Waals surface area contributed by atoms with E-state index < -0.39 is 35.4 Å². The maximum Gasteiger partial charge on any atom is 0.418 e. The SMILES string of the molecule is CCN(CC)c1ccc(C2c3sc(=O)[nH]c3SC3C2[C@H]2C[C@@H]3C3C(=O)N(c4ccccc4C(F)(F)F)C(=O)C32)cc1. The van der Waals surface area contributed by atoms with Crippen LogP contribution in [0.25, 0.3) is 0 Å². The topological polar surface area (TPSA) is 73.5 Å². The molecule has 11 heteroatoms. The summed E-state index contributed by atoms with van der Waals surface area (Å²) >= 11 is 2.75. The molecule has 5 unspecified atom stereocenters. The Bertz CT molecular complexity index is 1600. The van der Waals surface area contributed by atoms with Crippen LogP contribution in [0.5, 0.6) is 0 Å². The number of hydrogen-bond acceptors (Lipinski definition) is 6. The average molecular weight is 600 g/mol. The van der Waals surface area contributed by atoms with Crippen molar-refractivity contribution in [1.29, 1.82) is 0 Å². The standard InChI is InChI=1S/C30H28F3N3O3S2/c1-3-35(4-2)15-11-9-14(10-12-15)20-21-16-13-17(24(21)40-26-25(20)41-29(39)34-26)23-22(16)27(37)36(28(23)38)19-8-6-5-7-18(19)30(31,32)33/h5-12,16-17,20-24H,3-4,13H2,1-2H3,(H,34,39)/t16-,17-,20?,21?,22?,23?,24?/m1/s1. The minimum atomic E-state index is -4.69. The zero-order valence-electron chi connectivity index (χ0n) is 22.4. The first-order chi connectivity index (χ1) is 19.6. The van der Waals surface area contributed by atoms with E-state index in [9.17, 15) is 27.6 Å². The lowest BCUT2D eigenvalue weighted by Gasteiger charge is -2.43. The number of thioether (sulfide) groups is 1. The van der Waals surface area contributed by atoms with E-state index in [4.69, 9.17) is 0 Å². The monoisotopic (exact) mass is 599 g/mol. The summed E-state index contributed by atoms with van der Waals surface area (Å²) in [4.78, 5) is 47.0. The first-order valence-corrected chi connectivity index (χ1v) is 15.6. The van der Waals surface area contributed by atoms with Crippen LogP contribution >= 0.6 is 23.1 Å². The summed E-state index contributed by atoms with van der Waals surface area (Å²) in [6.45, 7) is 5.96. The highest BCUT2D eigenvalue weighted by Gasteiger charge is 2.70. The van der Waals surface area contributed by atoms with Gasteiger partial charge in [-0.3, -0.25) is 14.4 Å². The molecule has 4 aliphatic rings. The number of alkyl halides is 3. The zero-order valence-corrected chi connectivity index (χ0v) is 24.0. The van der Waals surface area contributed by atoms with Crippen LogP contribution in [-0.2, 0) is 15.8 Å². The molecule has 1 saturated heterocycles. The summed E-state index contributed by atoms with van der Waals surface area (Å²) in [5, 5.41) is 0.778. The fourth-order valence-electron chi connectivity index (χ4n) is 8.02. The number of hydrogen-bond donors (Lipinski definition) is 1. The molecule has 2 bridgehead atoms. The van der Waals surface area contributed by atoms with Crippen molar-refractivity contribution in [2.45, 2.75) is 42.6 Å². The Balaban J connectivity index is 1.29. The highest BCUT2D eigenvalue weighted by atomic mass is 32.2. The first kappa shape index (κ1) is 26.8. The molecular formula is C30H28F3N3O3S2. The Kier molecular flexibility index (Phi) is 6.21. The van der Waals surface area contributed by atoms with Crippen molar-refractivity contribution in [3.63, 3.8) is 0 Å². The normalized spacial score (nSPS) is 30.0. The molecule has 0 spiro atoms. The van der Waals surface area contributed by atoms with Crippen LogP contribution in [0.2, 0.25) is 0 Å². The molecule has 2 amide bonds. The number of para-hydroxylation sites is 1. The molecule has 2 aromatic carbocycles. The van der Waals surface area contributed by atoms with E-state index in [-0.39, 0.29) is 39.5 Å². The van der Waals surface area contributed by atoms with Gasteiger partial charge in [0.05, 0.1) is 28.1 Å². The van der Waals surface area contributed by atoms with E-state index in [0.717, 1.165) is 45.2 Å². The number of fused-ring (bicyclic) bond motifs is 9. The maximum absolute atomic E-state index is 13.9. The molecule has 2 saturated carbocycles. The third-order valence-corrected chi connectivity index (χ3v) is 12.1. The number of benzene rings is 2. The number of imide groups is 1. The molecule has 41 heavy (non-hydrogen) atoms. The van der Waals surface area contributed by atoms with Crippen molar-refractivity contribution in [3.8, 4) is 0 Å². The molecule has 3 aromatic rings. The quantitative estimate of drug-likeness (QED) is 0.366. The highest BCUT2D eigenvalue weighted by molar-refractivity contribution is 8.00. The second-order valence-corrected chi connectivity index (χ2v) is 13.5. The number of nitrogens with one attached hydrogen (secondary N) is 1. The van der Waals surface area contributed by atoms with E-state index in [1.807, 2.05) is 0 Å². The Morgan fingerprint density at radius 2 is 1.61 bits per heavy atom. The number of H-pyrrole nitrogens is 1. The van der Waals surface area contributed by atoms with Gasteiger partial charge in [0.15, 0.2) is 0 Å². The van der Waals surface area contributed by atoms with Gasteiger partial charge in [0.1, 0.15) is 0 Å².